The van der Waals surface area contributed by atoms with Crippen molar-refractivity contribution in [3.05, 3.63) is 34.9 Å². The number of carbonyl (C=O) groups excluding carboxylic acids is 2. The standard InChI is InChI=1S/C17H21ClN2O2/c18-13-6-4-12(5-7-13)17(9-2-1-3-10-17)16(22)20-14-8-11-19-15(14)21/h4-7,14H,1-3,8-11H2,(H,19,21)(H,20,22). The summed E-state index contributed by atoms with van der Waals surface area (Å²) in [5, 5.41) is 6.41. The molecule has 5 heteroatoms. The molecule has 118 valence electrons. The third-order valence-electron chi connectivity index (χ3n) is 4.89. The maximum atomic E-state index is 13.0. The molecule has 2 N–H and O–H groups in total. The molecule has 1 saturated carbocycles. The predicted octanol–water partition coefficient (Wildman–Crippen LogP) is 2.55. The summed E-state index contributed by atoms with van der Waals surface area (Å²) in [5.74, 6) is -0.0908. The van der Waals surface area contributed by atoms with Gasteiger partial charge < -0.3 is 10.6 Å². The number of hydrogen-bond donors (Lipinski definition) is 2. The van der Waals surface area contributed by atoms with Crippen molar-refractivity contribution in [2.45, 2.75) is 50.0 Å². The lowest BCUT2D eigenvalue weighted by atomic mass is 9.68. The van der Waals surface area contributed by atoms with E-state index in [1.807, 2.05) is 24.3 Å². The highest BCUT2D eigenvalue weighted by atomic mass is 35.5. The Kier molecular flexibility index (Phi) is 4.39. The SMILES string of the molecule is O=C1NCCC1NC(=O)C1(c2ccc(Cl)cc2)CCCCC1. The Labute approximate surface area is 135 Å². The third kappa shape index (κ3) is 2.84. The molecule has 1 aliphatic heterocycles. The fraction of sp³-hybridized carbons (Fsp3) is 0.529. The molecule has 2 amide bonds. The maximum absolute atomic E-state index is 13.0. The van der Waals surface area contributed by atoms with E-state index in [9.17, 15) is 9.59 Å². The van der Waals surface area contributed by atoms with Gasteiger partial charge in [0.15, 0.2) is 0 Å². The molecule has 1 aliphatic carbocycles. The number of nitrogens with one attached hydrogen (secondary N) is 2. The molecule has 1 aromatic rings. The summed E-state index contributed by atoms with van der Waals surface area (Å²) >= 11 is 5.98. The fourth-order valence-corrected chi connectivity index (χ4v) is 3.73. The van der Waals surface area contributed by atoms with Crippen LogP contribution in [0.15, 0.2) is 24.3 Å². The molecular formula is C17H21ClN2O2. The average Bonchev–Trinajstić information content (AvgIpc) is 2.94. The first kappa shape index (κ1) is 15.3. The lowest BCUT2D eigenvalue weighted by Crippen LogP contribution is -2.51. The maximum Gasteiger partial charge on any atom is 0.242 e. The monoisotopic (exact) mass is 320 g/mol. The van der Waals surface area contributed by atoms with Gasteiger partial charge in [0.05, 0.1) is 5.41 Å². The summed E-state index contributed by atoms with van der Waals surface area (Å²) < 4.78 is 0. The summed E-state index contributed by atoms with van der Waals surface area (Å²) in [6.07, 6.45) is 5.55. The Morgan fingerprint density at radius 3 is 2.45 bits per heavy atom. The normalized spacial score (nSPS) is 23.9. The Balaban J connectivity index is 1.86. The summed E-state index contributed by atoms with van der Waals surface area (Å²) in [4.78, 5) is 24.7. The van der Waals surface area contributed by atoms with Crippen LogP contribution in [-0.2, 0) is 15.0 Å². The molecule has 0 bridgehead atoms. The molecule has 1 heterocycles. The van der Waals surface area contributed by atoms with E-state index in [1.165, 1.54) is 0 Å². The van der Waals surface area contributed by atoms with E-state index in [-0.39, 0.29) is 11.8 Å². The van der Waals surface area contributed by atoms with Gasteiger partial charge >= 0.3 is 0 Å². The molecule has 1 aromatic carbocycles. The highest BCUT2D eigenvalue weighted by Gasteiger charge is 2.42. The Morgan fingerprint density at radius 1 is 1.18 bits per heavy atom. The molecule has 22 heavy (non-hydrogen) atoms. The van der Waals surface area contributed by atoms with Gasteiger partial charge in [-0.25, -0.2) is 0 Å². The van der Waals surface area contributed by atoms with Gasteiger partial charge in [-0.05, 0) is 37.0 Å². The van der Waals surface area contributed by atoms with Gasteiger partial charge in [0.1, 0.15) is 6.04 Å². The predicted molar refractivity (Wildman–Crippen MR) is 85.8 cm³/mol. The third-order valence-corrected chi connectivity index (χ3v) is 5.14. The fourth-order valence-electron chi connectivity index (χ4n) is 3.60. The quantitative estimate of drug-likeness (QED) is 0.899. The summed E-state index contributed by atoms with van der Waals surface area (Å²) in [5.41, 5.74) is 0.485. The van der Waals surface area contributed by atoms with Crippen LogP contribution in [0, 0.1) is 0 Å². The van der Waals surface area contributed by atoms with Crippen molar-refractivity contribution >= 4 is 23.4 Å². The van der Waals surface area contributed by atoms with Crippen molar-refractivity contribution in [1.82, 2.24) is 10.6 Å². The number of benzene rings is 1. The number of rotatable bonds is 3. The molecule has 1 unspecified atom stereocenters. The van der Waals surface area contributed by atoms with Gasteiger partial charge in [0, 0.05) is 11.6 Å². The number of hydrogen-bond acceptors (Lipinski definition) is 2. The first-order valence-corrected chi connectivity index (χ1v) is 8.34. The van der Waals surface area contributed by atoms with Gasteiger partial charge in [-0.15, -0.1) is 0 Å². The molecule has 1 atom stereocenters. The second-order valence-corrected chi connectivity index (χ2v) is 6.69. The van der Waals surface area contributed by atoms with Gasteiger partial charge in [0.2, 0.25) is 11.8 Å². The van der Waals surface area contributed by atoms with Crippen LogP contribution in [0.5, 0.6) is 0 Å². The van der Waals surface area contributed by atoms with E-state index in [4.69, 9.17) is 11.6 Å². The molecule has 4 nitrogen and oxygen atoms in total. The molecule has 0 radical (unpaired) electrons. The van der Waals surface area contributed by atoms with Crippen LogP contribution in [0.3, 0.4) is 0 Å². The molecule has 0 spiro atoms. The first-order chi connectivity index (χ1) is 10.6. The summed E-state index contributed by atoms with van der Waals surface area (Å²) in [6, 6.07) is 7.17. The molecule has 2 fully saturated rings. The van der Waals surface area contributed by atoms with Crippen LogP contribution in [0.1, 0.15) is 44.1 Å². The molecule has 2 aliphatic rings. The highest BCUT2D eigenvalue weighted by molar-refractivity contribution is 6.30. The summed E-state index contributed by atoms with van der Waals surface area (Å²) in [6.45, 7) is 0.637. The van der Waals surface area contributed by atoms with Crippen molar-refractivity contribution in [3.63, 3.8) is 0 Å². The Bertz CT molecular complexity index is 565. The minimum absolute atomic E-state index is 0.0171. The second kappa shape index (κ2) is 6.29. The zero-order valence-corrected chi connectivity index (χ0v) is 13.3. The smallest absolute Gasteiger partial charge is 0.242 e. The Hall–Kier alpha value is -1.55. The van der Waals surface area contributed by atoms with Gasteiger partial charge in [0.25, 0.3) is 0 Å². The van der Waals surface area contributed by atoms with E-state index in [2.05, 4.69) is 10.6 Å². The molecule has 0 aromatic heterocycles. The van der Waals surface area contributed by atoms with E-state index in [0.29, 0.717) is 18.0 Å². The number of halogens is 1. The van der Waals surface area contributed by atoms with Crippen molar-refractivity contribution in [1.29, 1.82) is 0 Å². The Morgan fingerprint density at radius 2 is 1.86 bits per heavy atom. The average molecular weight is 321 g/mol. The summed E-state index contributed by atoms with van der Waals surface area (Å²) in [7, 11) is 0. The van der Waals surface area contributed by atoms with Crippen molar-refractivity contribution in [2.24, 2.45) is 0 Å². The minimum Gasteiger partial charge on any atom is -0.354 e. The van der Waals surface area contributed by atoms with E-state index in [1.54, 1.807) is 0 Å². The van der Waals surface area contributed by atoms with Crippen molar-refractivity contribution < 1.29 is 9.59 Å². The van der Waals surface area contributed by atoms with Crippen LogP contribution in [0.2, 0.25) is 5.02 Å². The van der Waals surface area contributed by atoms with Gasteiger partial charge in [-0.3, -0.25) is 9.59 Å². The lowest BCUT2D eigenvalue weighted by Gasteiger charge is -2.37. The van der Waals surface area contributed by atoms with Crippen LogP contribution in [0.4, 0.5) is 0 Å². The topological polar surface area (TPSA) is 58.2 Å². The lowest BCUT2D eigenvalue weighted by molar-refractivity contribution is -0.132. The van der Waals surface area contributed by atoms with Gasteiger partial charge in [-0.2, -0.15) is 0 Å². The zero-order valence-electron chi connectivity index (χ0n) is 12.5. The molecule has 3 rings (SSSR count). The van der Waals surface area contributed by atoms with Crippen molar-refractivity contribution in [2.75, 3.05) is 6.54 Å². The largest absolute Gasteiger partial charge is 0.354 e. The number of carbonyl (C=O) groups is 2. The second-order valence-electron chi connectivity index (χ2n) is 6.26. The first-order valence-electron chi connectivity index (χ1n) is 7.96. The molecular weight excluding hydrogens is 300 g/mol. The van der Waals surface area contributed by atoms with Crippen LogP contribution in [0.25, 0.3) is 0 Å². The number of amides is 2. The van der Waals surface area contributed by atoms with Crippen LogP contribution < -0.4 is 10.6 Å². The van der Waals surface area contributed by atoms with Gasteiger partial charge in [-0.1, -0.05) is 43.0 Å². The van der Waals surface area contributed by atoms with Crippen LogP contribution in [-0.4, -0.2) is 24.4 Å². The van der Waals surface area contributed by atoms with Crippen molar-refractivity contribution in [3.8, 4) is 0 Å². The van der Waals surface area contributed by atoms with E-state index >= 15 is 0 Å². The van der Waals surface area contributed by atoms with Crippen LogP contribution >= 0.6 is 11.6 Å². The zero-order chi connectivity index (χ0) is 15.6. The minimum atomic E-state index is -0.522. The van der Waals surface area contributed by atoms with E-state index < -0.39 is 11.5 Å². The van der Waals surface area contributed by atoms with E-state index in [0.717, 1.165) is 37.7 Å². The molecule has 1 saturated heterocycles. The highest BCUT2D eigenvalue weighted by Crippen LogP contribution is 2.40.